The Labute approximate surface area is 163 Å². The molecule has 142 valence electrons. The third-order valence-electron chi connectivity index (χ3n) is 4.69. The second kappa shape index (κ2) is 8.47. The first-order chi connectivity index (χ1) is 13.8. The zero-order valence-electron chi connectivity index (χ0n) is 15.6. The van der Waals surface area contributed by atoms with Crippen LogP contribution in [0.25, 0.3) is 6.08 Å². The molecule has 0 spiro atoms. The number of amides is 1. The van der Waals surface area contributed by atoms with Crippen molar-refractivity contribution in [3.63, 3.8) is 0 Å². The van der Waals surface area contributed by atoms with Crippen LogP contribution >= 0.6 is 0 Å². The van der Waals surface area contributed by atoms with Crippen molar-refractivity contribution in [2.24, 2.45) is 0 Å². The number of carbonyl (C=O) groups excluding carboxylic acids is 1. The SMILES string of the molecule is O=C(/C=C/c1cnn(Cc2ccccc2)c1)N1CCN(c2ncccn2)CC1. The van der Waals surface area contributed by atoms with E-state index in [-0.39, 0.29) is 5.91 Å². The Morgan fingerprint density at radius 3 is 2.50 bits per heavy atom. The third-order valence-corrected chi connectivity index (χ3v) is 4.69. The number of anilines is 1. The van der Waals surface area contributed by atoms with Gasteiger partial charge in [-0.2, -0.15) is 5.10 Å². The Kier molecular flexibility index (Phi) is 5.42. The van der Waals surface area contributed by atoms with Gasteiger partial charge in [-0.15, -0.1) is 0 Å². The first kappa shape index (κ1) is 17.9. The Bertz CT molecular complexity index is 930. The van der Waals surface area contributed by atoms with Gasteiger partial charge in [0.25, 0.3) is 0 Å². The van der Waals surface area contributed by atoms with Crippen LogP contribution in [-0.2, 0) is 11.3 Å². The van der Waals surface area contributed by atoms with Crippen molar-refractivity contribution in [1.29, 1.82) is 0 Å². The molecule has 1 aliphatic rings. The van der Waals surface area contributed by atoms with E-state index in [1.165, 1.54) is 5.56 Å². The van der Waals surface area contributed by atoms with Gasteiger partial charge in [0.05, 0.1) is 12.7 Å². The van der Waals surface area contributed by atoms with Crippen molar-refractivity contribution >= 4 is 17.9 Å². The average molecular weight is 374 g/mol. The largest absolute Gasteiger partial charge is 0.337 e. The summed E-state index contributed by atoms with van der Waals surface area (Å²) in [6.07, 6.45) is 10.6. The minimum Gasteiger partial charge on any atom is -0.337 e. The van der Waals surface area contributed by atoms with E-state index in [1.807, 2.05) is 40.1 Å². The van der Waals surface area contributed by atoms with E-state index >= 15 is 0 Å². The number of piperazine rings is 1. The Hall–Kier alpha value is -3.48. The number of rotatable bonds is 5. The average Bonchev–Trinajstić information content (AvgIpc) is 3.21. The highest BCUT2D eigenvalue weighted by Crippen LogP contribution is 2.11. The molecular weight excluding hydrogens is 352 g/mol. The topological polar surface area (TPSA) is 67.2 Å². The van der Waals surface area contributed by atoms with Crippen LogP contribution in [0.5, 0.6) is 0 Å². The molecule has 1 saturated heterocycles. The van der Waals surface area contributed by atoms with Crippen molar-refractivity contribution in [3.8, 4) is 0 Å². The Morgan fingerprint density at radius 1 is 1.00 bits per heavy atom. The molecule has 0 saturated carbocycles. The monoisotopic (exact) mass is 374 g/mol. The summed E-state index contributed by atoms with van der Waals surface area (Å²) in [5.74, 6) is 0.736. The van der Waals surface area contributed by atoms with Crippen LogP contribution in [-0.4, -0.2) is 56.7 Å². The van der Waals surface area contributed by atoms with Crippen molar-refractivity contribution < 1.29 is 4.79 Å². The smallest absolute Gasteiger partial charge is 0.246 e. The maximum atomic E-state index is 12.5. The van der Waals surface area contributed by atoms with Crippen LogP contribution < -0.4 is 4.90 Å². The van der Waals surface area contributed by atoms with Gasteiger partial charge in [0.15, 0.2) is 0 Å². The van der Waals surface area contributed by atoms with Gasteiger partial charge >= 0.3 is 0 Å². The quantitative estimate of drug-likeness (QED) is 0.640. The van der Waals surface area contributed by atoms with Gasteiger partial charge in [0.2, 0.25) is 11.9 Å². The fourth-order valence-electron chi connectivity index (χ4n) is 3.18. The van der Waals surface area contributed by atoms with Crippen LogP contribution in [0.15, 0.2) is 67.3 Å². The molecule has 0 bridgehead atoms. The molecule has 4 rings (SSSR count). The predicted octanol–water partition coefficient (Wildman–Crippen LogP) is 2.08. The third kappa shape index (κ3) is 4.43. The summed E-state index contributed by atoms with van der Waals surface area (Å²) in [5.41, 5.74) is 2.11. The lowest BCUT2D eigenvalue weighted by atomic mass is 10.2. The fourth-order valence-corrected chi connectivity index (χ4v) is 3.18. The first-order valence-electron chi connectivity index (χ1n) is 9.33. The van der Waals surface area contributed by atoms with E-state index in [0.29, 0.717) is 19.6 Å². The second-order valence-corrected chi connectivity index (χ2v) is 6.65. The number of hydrogen-bond acceptors (Lipinski definition) is 5. The molecule has 1 aromatic carbocycles. The molecule has 1 fully saturated rings. The highest BCUT2D eigenvalue weighted by atomic mass is 16.2. The zero-order chi connectivity index (χ0) is 19.2. The number of benzene rings is 1. The maximum absolute atomic E-state index is 12.5. The Balaban J connectivity index is 1.30. The van der Waals surface area contributed by atoms with E-state index in [4.69, 9.17) is 0 Å². The standard InChI is InChI=1S/C21H22N6O/c28-20(25-11-13-26(14-12-25)21-22-9-4-10-23-21)8-7-19-15-24-27(17-19)16-18-5-2-1-3-6-18/h1-10,15,17H,11-14,16H2/b8-7+. The zero-order valence-corrected chi connectivity index (χ0v) is 15.6. The molecule has 2 aromatic heterocycles. The van der Waals surface area contributed by atoms with Gasteiger partial charge in [0.1, 0.15) is 0 Å². The highest BCUT2D eigenvalue weighted by molar-refractivity contribution is 5.91. The minimum absolute atomic E-state index is 0.0180. The minimum atomic E-state index is 0.0180. The molecule has 0 N–H and O–H groups in total. The summed E-state index contributed by atoms with van der Waals surface area (Å²) < 4.78 is 1.87. The van der Waals surface area contributed by atoms with E-state index in [2.05, 4.69) is 32.1 Å². The molecule has 0 aliphatic carbocycles. The molecule has 1 amide bonds. The molecule has 7 heteroatoms. The molecule has 0 atom stereocenters. The van der Waals surface area contributed by atoms with Gasteiger partial charge in [-0.05, 0) is 17.7 Å². The van der Waals surface area contributed by atoms with Gasteiger partial charge in [0, 0.05) is 56.4 Å². The summed E-state index contributed by atoms with van der Waals surface area (Å²) in [6.45, 7) is 3.51. The van der Waals surface area contributed by atoms with Gasteiger partial charge in [-0.3, -0.25) is 9.48 Å². The van der Waals surface area contributed by atoms with Gasteiger partial charge in [-0.25, -0.2) is 9.97 Å². The second-order valence-electron chi connectivity index (χ2n) is 6.65. The van der Waals surface area contributed by atoms with Crippen molar-refractivity contribution in [2.45, 2.75) is 6.54 Å². The summed E-state index contributed by atoms with van der Waals surface area (Å²) in [5, 5.41) is 4.37. The van der Waals surface area contributed by atoms with Crippen LogP contribution in [0.2, 0.25) is 0 Å². The lowest BCUT2D eigenvalue weighted by Crippen LogP contribution is -2.48. The number of carbonyl (C=O) groups is 1. The summed E-state index contributed by atoms with van der Waals surface area (Å²) >= 11 is 0. The molecular formula is C21H22N6O. The predicted molar refractivity (Wildman–Crippen MR) is 108 cm³/mol. The summed E-state index contributed by atoms with van der Waals surface area (Å²) in [7, 11) is 0. The van der Waals surface area contributed by atoms with Crippen LogP contribution in [0.4, 0.5) is 5.95 Å². The molecule has 3 aromatic rings. The fraction of sp³-hybridized carbons (Fsp3) is 0.238. The first-order valence-corrected chi connectivity index (χ1v) is 9.33. The lowest BCUT2D eigenvalue weighted by Gasteiger charge is -2.34. The van der Waals surface area contributed by atoms with Gasteiger partial charge < -0.3 is 9.80 Å². The van der Waals surface area contributed by atoms with Crippen molar-refractivity contribution in [3.05, 3.63) is 78.4 Å². The lowest BCUT2D eigenvalue weighted by molar-refractivity contribution is -0.126. The summed E-state index contributed by atoms with van der Waals surface area (Å²) in [4.78, 5) is 25.0. The molecule has 0 unspecified atom stereocenters. The molecule has 28 heavy (non-hydrogen) atoms. The van der Waals surface area contributed by atoms with Crippen molar-refractivity contribution in [1.82, 2.24) is 24.6 Å². The highest BCUT2D eigenvalue weighted by Gasteiger charge is 2.20. The van der Waals surface area contributed by atoms with Crippen molar-refractivity contribution in [2.75, 3.05) is 31.1 Å². The van der Waals surface area contributed by atoms with Crippen LogP contribution in [0.1, 0.15) is 11.1 Å². The van der Waals surface area contributed by atoms with Crippen LogP contribution in [0.3, 0.4) is 0 Å². The molecule has 0 radical (unpaired) electrons. The molecule has 1 aliphatic heterocycles. The normalized spacial score (nSPS) is 14.6. The molecule has 3 heterocycles. The maximum Gasteiger partial charge on any atom is 0.246 e. The van der Waals surface area contributed by atoms with E-state index in [0.717, 1.165) is 24.6 Å². The number of aromatic nitrogens is 4. The Morgan fingerprint density at radius 2 is 1.75 bits per heavy atom. The van der Waals surface area contributed by atoms with E-state index in [9.17, 15) is 4.79 Å². The molecule has 7 nitrogen and oxygen atoms in total. The number of nitrogens with zero attached hydrogens (tertiary/aromatic N) is 6. The van der Waals surface area contributed by atoms with Gasteiger partial charge in [-0.1, -0.05) is 30.3 Å². The summed E-state index contributed by atoms with van der Waals surface area (Å²) in [6, 6.07) is 12.0. The number of hydrogen-bond donors (Lipinski definition) is 0. The van der Waals surface area contributed by atoms with E-state index < -0.39 is 0 Å². The van der Waals surface area contributed by atoms with E-state index in [1.54, 1.807) is 30.7 Å². The van der Waals surface area contributed by atoms with Crippen LogP contribution in [0, 0.1) is 0 Å².